The van der Waals surface area contributed by atoms with Crippen LogP contribution in [0.25, 0.3) is 11.3 Å². The van der Waals surface area contributed by atoms with E-state index in [0.717, 1.165) is 47.6 Å². The molecule has 1 fully saturated rings. The van der Waals surface area contributed by atoms with Crippen LogP contribution in [-0.4, -0.2) is 54.6 Å². The summed E-state index contributed by atoms with van der Waals surface area (Å²) in [6.07, 6.45) is 6.72. The topological polar surface area (TPSA) is 88.6 Å². The van der Waals surface area contributed by atoms with Crippen molar-refractivity contribution in [2.24, 2.45) is 0 Å². The van der Waals surface area contributed by atoms with Gasteiger partial charge in [0.15, 0.2) is 11.5 Å². The first-order chi connectivity index (χ1) is 17.1. The highest BCUT2D eigenvalue weighted by atomic mass is 16.5. The molecule has 0 bridgehead atoms. The Morgan fingerprint density at radius 3 is 2.69 bits per heavy atom. The van der Waals surface area contributed by atoms with E-state index in [1.54, 1.807) is 20.4 Å². The Morgan fingerprint density at radius 1 is 1.06 bits per heavy atom. The van der Waals surface area contributed by atoms with Gasteiger partial charge in [0.05, 0.1) is 32.0 Å². The smallest absolute Gasteiger partial charge is 0.228 e. The molecule has 8 nitrogen and oxygen atoms in total. The van der Waals surface area contributed by atoms with Crippen molar-refractivity contribution >= 4 is 23.2 Å². The zero-order chi connectivity index (χ0) is 24.2. The van der Waals surface area contributed by atoms with Crippen LogP contribution in [0.2, 0.25) is 0 Å². The number of carbonyl (C=O) groups excluding carboxylic acids is 1. The lowest BCUT2D eigenvalue weighted by atomic mass is 10.00. The Hall–Kier alpha value is -3.65. The van der Waals surface area contributed by atoms with Crippen LogP contribution in [-0.2, 0) is 17.6 Å². The van der Waals surface area contributed by atoms with Gasteiger partial charge in [-0.15, -0.1) is 0 Å². The number of rotatable bonds is 8. The number of hydrogen-bond donors (Lipinski definition) is 2. The van der Waals surface area contributed by atoms with E-state index < -0.39 is 0 Å². The third-order valence-corrected chi connectivity index (χ3v) is 6.61. The highest BCUT2D eigenvalue weighted by Crippen LogP contribution is 2.35. The number of carbonyl (C=O) groups is 1. The van der Waals surface area contributed by atoms with Gasteiger partial charge in [0.25, 0.3) is 0 Å². The second-order valence-corrected chi connectivity index (χ2v) is 9.02. The highest BCUT2D eigenvalue weighted by Gasteiger charge is 2.22. The number of hydrogen-bond acceptors (Lipinski definition) is 7. The molecule has 3 heterocycles. The molecule has 0 unspecified atom stereocenters. The van der Waals surface area contributed by atoms with Crippen LogP contribution in [0.3, 0.4) is 0 Å². The molecule has 2 aliphatic heterocycles. The minimum Gasteiger partial charge on any atom is -0.493 e. The molecule has 0 spiro atoms. The number of aromatic nitrogens is 2. The van der Waals surface area contributed by atoms with Gasteiger partial charge in [-0.05, 0) is 75.1 Å². The Labute approximate surface area is 205 Å². The van der Waals surface area contributed by atoms with Gasteiger partial charge >= 0.3 is 0 Å². The fraction of sp³-hybridized carbons (Fsp3) is 0.370. The van der Waals surface area contributed by atoms with Crippen molar-refractivity contribution in [2.75, 3.05) is 44.5 Å². The number of methoxy groups -OCH3 is 2. The van der Waals surface area contributed by atoms with Gasteiger partial charge < -0.3 is 25.0 Å². The molecule has 0 saturated carbocycles. The van der Waals surface area contributed by atoms with Gasteiger partial charge in [-0.1, -0.05) is 6.07 Å². The van der Waals surface area contributed by atoms with Crippen molar-refractivity contribution in [2.45, 2.75) is 32.1 Å². The number of aryl methyl sites for hydroxylation is 1. The molecule has 0 aliphatic carbocycles. The second-order valence-electron chi connectivity index (χ2n) is 9.02. The van der Waals surface area contributed by atoms with Gasteiger partial charge in [-0.2, -0.15) is 0 Å². The first-order valence-corrected chi connectivity index (χ1v) is 12.1. The molecular formula is C27H31N5O3. The summed E-state index contributed by atoms with van der Waals surface area (Å²) in [6.45, 7) is 3.57. The summed E-state index contributed by atoms with van der Waals surface area (Å²) in [5, 5.41) is 6.28. The molecule has 2 N–H and O–H groups in total. The van der Waals surface area contributed by atoms with Gasteiger partial charge in [-0.25, -0.2) is 9.97 Å². The molecular weight excluding hydrogens is 442 g/mol. The Kier molecular flexibility index (Phi) is 6.81. The van der Waals surface area contributed by atoms with Crippen LogP contribution in [0.5, 0.6) is 11.5 Å². The van der Waals surface area contributed by atoms with Gasteiger partial charge in [0.1, 0.15) is 0 Å². The van der Waals surface area contributed by atoms with E-state index in [1.165, 1.54) is 31.5 Å². The Balaban J connectivity index is 1.41. The minimum absolute atomic E-state index is 0.0593. The highest BCUT2D eigenvalue weighted by molar-refractivity contribution is 6.00. The minimum atomic E-state index is -0.0593. The molecule has 1 saturated heterocycles. The quantitative estimate of drug-likeness (QED) is 0.500. The van der Waals surface area contributed by atoms with Gasteiger partial charge in [-0.3, -0.25) is 4.79 Å². The predicted octanol–water partition coefficient (Wildman–Crippen LogP) is 4.43. The first-order valence-electron chi connectivity index (χ1n) is 12.1. The maximum absolute atomic E-state index is 12.5. The largest absolute Gasteiger partial charge is 0.493 e. The van der Waals surface area contributed by atoms with Crippen molar-refractivity contribution < 1.29 is 14.3 Å². The number of fused-ring (bicyclic) bond motifs is 3. The van der Waals surface area contributed by atoms with Gasteiger partial charge in [0, 0.05) is 29.1 Å². The van der Waals surface area contributed by atoms with Crippen LogP contribution in [0.4, 0.5) is 17.3 Å². The van der Waals surface area contributed by atoms with Crippen molar-refractivity contribution in [3.8, 4) is 22.8 Å². The van der Waals surface area contributed by atoms with E-state index in [-0.39, 0.29) is 12.3 Å². The normalized spacial score (nSPS) is 15.1. The third-order valence-electron chi connectivity index (χ3n) is 6.61. The lowest BCUT2D eigenvalue weighted by Crippen LogP contribution is -2.20. The van der Waals surface area contributed by atoms with E-state index >= 15 is 0 Å². The average Bonchev–Trinajstić information content (AvgIpc) is 3.34. The second kappa shape index (κ2) is 10.3. The molecule has 8 heteroatoms. The lowest BCUT2D eigenvalue weighted by molar-refractivity contribution is -0.115. The summed E-state index contributed by atoms with van der Waals surface area (Å²) in [4.78, 5) is 24.3. The summed E-state index contributed by atoms with van der Waals surface area (Å²) in [5.41, 5.74) is 5.33. The number of likely N-dealkylation sites (tertiary alicyclic amines) is 1. The van der Waals surface area contributed by atoms with Crippen LogP contribution >= 0.6 is 0 Å². The zero-order valence-electron chi connectivity index (χ0n) is 20.3. The number of nitrogens with one attached hydrogen (secondary N) is 2. The van der Waals surface area contributed by atoms with Crippen LogP contribution in [0.1, 0.15) is 30.4 Å². The van der Waals surface area contributed by atoms with Gasteiger partial charge in [0.2, 0.25) is 11.9 Å². The molecule has 35 heavy (non-hydrogen) atoms. The number of ether oxygens (including phenoxy) is 2. The molecule has 3 aromatic rings. The van der Waals surface area contributed by atoms with Crippen molar-refractivity contribution in [1.82, 2.24) is 14.9 Å². The summed E-state index contributed by atoms with van der Waals surface area (Å²) in [5.74, 6) is 1.66. The first kappa shape index (κ1) is 23.1. The maximum Gasteiger partial charge on any atom is 0.228 e. The Morgan fingerprint density at radius 2 is 1.89 bits per heavy atom. The van der Waals surface area contributed by atoms with Crippen LogP contribution in [0.15, 0.2) is 42.6 Å². The fourth-order valence-electron chi connectivity index (χ4n) is 4.80. The molecule has 1 amide bonds. The van der Waals surface area contributed by atoms with Crippen LogP contribution in [0, 0.1) is 0 Å². The Bertz CT molecular complexity index is 1220. The summed E-state index contributed by atoms with van der Waals surface area (Å²) < 4.78 is 10.7. The van der Waals surface area contributed by atoms with E-state index in [1.807, 2.05) is 24.3 Å². The number of nitrogens with zero attached hydrogens (tertiary/aromatic N) is 3. The monoisotopic (exact) mass is 473 g/mol. The molecule has 5 rings (SSSR count). The summed E-state index contributed by atoms with van der Waals surface area (Å²) >= 11 is 0. The van der Waals surface area contributed by atoms with Crippen LogP contribution < -0.4 is 20.1 Å². The predicted molar refractivity (Wildman–Crippen MR) is 137 cm³/mol. The van der Waals surface area contributed by atoms with Crippen molar-refractivity contribution in [3.05, 3.63) is 53.7 Å². The molecule has 2 aliphatic rings. The van der Waals surface area contributed by atoms with E-state index in [2.05, 4.69) is 32.7 Å². The number of anilines is 3. The average molecular weight is 474 g/mol. The SMILES string of the molecule is COc1ccc(Nc2ncc3c(n2)-c2cc(CCCN4CCCC4)ccc2NC(=O)C3)cc1OC. The molecule has 182 valence electrons. The van der Waals surface area contributed by atoms with E-state index in [0.29, 0.717) is 17.4 Å². The third kappa shape index (κ3) is 5.22. The lowest BCUT2D eigenvalue weighted by Gasteiger charge is -2.15. The number of benzene rings is 2. The summed E-state index contributed by atoms with van der Waals surface area (Å²) in [7, 11) is 3.21. The fourth-order valence-corrected chi connectivity index (χ4v) is 4.80. The van der Waals surface area contributed by atoms with E-state index in [4.69, 9.17) is 14.5 Å². The van der Waals surface area contributed by atoms with Crippen molar-refractivity contribution in [1.29, 1.82) is 0 Å². The molecule has 0 atom stereocenters. The molecule has 0 radical (unpaired) electrons. The zero-order valence-corrected chi connectivity index (χ0v) is 20.3. The summed E-state index contributed by atoms with van der Waals surface area (Å²) in [6, 6.07) is 11.8. The van der Waals surface area contributed by atoms with Crippen molar-refractivity contribution in [3.63, 3.8) is 0 Å². The molecule has 2 aromatic carbocycles. The maximum atomic E-state index is 12.5. The standard InChI is InChI=1S/C27H31N5O3/c1-34-23-10-8-20(16-24(23)35-2)29-27-28-17-19-15-25(33)30-22-9-7-18(14-21(22)26(19)31-27)6-5-13-32-11-3-4-12-32/h7-10,14,16-17H,3-6,11-13,15H2,1-2H3,(H,30,33)(H,28,29,31). The van der Waals surface area contributed by atoms with E-state index in [9.17, 15) is 4.79 Å². The molecule has 1 aromatic heterocycles. The number of amides is 1.